The minimum atomic E-state index is -1.42. The smallest absolute Gasteiger partial charge is 0.234 e. The van der Waals surface area contributed by atoms with E-state index in [0.29, 0.717) is 39.0 Å². The lowest BCUT2D eigenvalue weighted by molar-refractivity contribution is -0.152. The van der Waals surface area contributed by atoms with Gasteiger partial charge in [0, 0.05) is 58.3 Å². The lowest BCUT2D eigenvalue weighted by Gasteiger charge is -2.50. The maximum Gasteiger partial charge on any atom is 0.234 e. The van der Waals surface area contributed by atoms with Crippen LogP contribution in [0.3, 0.4) is 0 Å². The number of carbonyl (C=O) groups excluding carboxylic acids is 2. The van der Waals surface area contributed by atoms with Gasteiger partial charge in [0.15, 0.2) is 12.0 Å². The largest absolute Gasteiger partial charge is 0.377 e. The quantitative estimate of drug-likeness (QED) is 0.357. The van der Waals surface area contributed by atoms with E-state index in [2.05, 4.69) is 32.6 Å². The van der Waals surface area contributed by atoms with Gasteiger partial charge in [-0.3, -0.25) is 29.7 Å². The first-order valence-corrected chi connectivity index (χ1v) is 14.6. The van der Waals surface area contributed by atoms with Crippen molar-refractivity contribution in [3.63, 3.8) is 0 Å². The predicted octanol–water partition coefficient (Wildman–Crippen LogP) is 0.175. The number of pyridine rings is 1. The van der Waals surface area contributed by atoms with E-state index in [1.54, 1.807) is 16.8 Å². The zero-order valence-corrected chi connectivity index (χ0v) is 24.2. The first-order chi connectivity index (χ1) is 20.1. The highest BCUT2D eigenvalue weighted by Gasteiger charge is 2.43. The fourth-order valence-corrected chi connectivity index (χ4v) is 6.56. The Morgan fingerprint density at radius 3 is 2.48 bits per heavy atom. The van der Waals surface area contributed by atoms with Crippen LogP contribution in [0, 0.1) is 22.6 Å². The molecule has 0 bridgehead atoms. The monoisotopic (exact) mass is 593 g/mol. The molecule has 15 heteroatoms. The van der Waals surface area contributed by atoms with E-state index in [4.69, 9.17) is 10.5 Å². The number of nitrogens with two attached hydrogens (primary N) is 1. The highest BCUT2D eigenvalue weighted by molar-refractivity contribution is 5.96. The standard InChI is InChI=1S/C27H41F2N9O4/c1-27(15-42-16-27)38-9-7-37(8-10-38)26(40)17-3-5-36(6-4-17)22-19(29)12-31-13-20(22)33-25(39)21(23(30)34-41)24-32-11-18(28)14-35(24)2/h12-13,17-18,21,23-24,32H,3-11,14-16,30H2,1-2H3,(H,33,39). The summed E-state index contributed by atoms with van der Waals surface area (Å²) in [5, 5.41) is 8.47. The average Bonchev–Trinajstić information content (AvgIpc) is 2.97. The van der Waals surface area contributed by atoms with Gasteiger partial charge in [-0.2, -0.15) is 0 Å². The molecule has 232 valence electrons. The molecule has 0 aliphatic carbocycles. The second-order valence-corrected chi connectivity index (χ2v) is 12.1. The molecule has 0 aromatic carbocycles. The molecule has 2 amide bonds. The first kappa shape index (κ1) is 30.6. The van der Waals surface area contributed by atoms with Crippen molar-refractivity contribution < 1.29 is 23.1 Å². The van der Waals surface area contributed by atoms with Gasteiger partial charge in [0.25, 0.3) is 0 Å². The van der Waals surface area contributed by atoms with Crippen LogP contribution < -0.4 is 21.3 Å². The van der Waals surface area contributed by atoms with Crippen LogP contribution in [0.2, 0.25) is 0 Å². The van der Waals surface area contributed by atoms with Gasteiger partial charge in [0.1, 0.15) is 17.8 Å². The Morgan fingerprint density at radius 2 is 1.88 bits per heavy atom. The molecule has 4 unspecified atom stereocenters. The number of hydrogen-bond donors (Lipinski definition) is 3. The number of aromatic nitrogens is 1. The molecule has 1 aromatic rings. The van der Waals surface area contributed by atoms with Crippen LogP contribution in [0.4, 0.5) is 20.2 Å². The topological polar surface area (TPSA) is 149 Å². The van der Waals surface area contributed by atoms with Crippen molar-refractivity contribution in [3.05, 3.63) is 23.1 Å². The van der Waals surface area contributed by atoms with Crippen molar-refractivity contribution in [2.45, 2.75) is 43.8 Å². The molecule has 4 atom stereocenters. The Morgan fingerprint density at radius 1 is 1.19 bits per heavy atom. The fraction of sp³-hybridized carbons (Fsp3) is 0.741. The third kappa shape index (κ3) is 6.25. The van der Waals surface area contributed by atoms with Crippen LogP contribution in [-0.4, -0.2) is 128 Å². The van der Waals surface area contributed by atoms with Crippen LogP contribution in [-0.2, 0) is 14.3 Å². The van der Waals surface area contributed by atoms with E-state index in [0.717, 1.165) is 32.5 Å². The first-order valence-electron chi connectivity index (χ1n) is 14.6. The number of nitrogens with zero attached hydrogens (tertiary/aromatic N) is 6. The zero-order chi connectivity index (χ0) is 30.0. The molecule has 13 nitrogen and oxygen atoms in total. The van der Waals surface area contributed by atoms with Gasteiger partial charge in [-0.15, -0.1) is 4.91 Å². The van der Waals surface area contributed by atoms with Crippen molar-refractivity contribution in [3.8, 4) is 0 Å². The number of rotatable bonds is 8. The van der Waals surface area contributed by atoms with Gasteiger partial charge in [-0.25, -0.2) is 8.78 Å². The molecule has 0 radical (unpaired) electrons. The minimum absolute atomic E-state index is 0.00513. The Hall–Kier alpha value is -2.85. The number of piperidine rings is 1. The molecule has 4 aliphatic rings. The molecule has 0 saturated carbocycles. The van der Waals surface area contributed by atoms with Gasteiger partial charge in [0.05, 0.1) is 43.0 Å². The summed E-state index contributed by atoms with van der Waals surface area (Å²) in [6.45, 7) is 7.52. The molecule has 0 spiro atoms. The van der Waals surface area contributed by atoms with Gasteiger partial charge < -0.3 is 25.6 Å². The Balaban J connectivity index is 1.22. The molecular formula is C27H41F2N9O4. The highest BCUT2D eigenvalue weighted by Crippen LogP contribution is 2.34. The van der Waals surface area contributed by atoms with Crippen molar-refractivity contribution in [2.24, 2.45) is 22.7 Å². The summed E-state index contributed by atoms with van der Waals surface area (Å²) in [7, 11) is 1.62. The van der Waals surface area contributed by atoms with Crippen LogP contribution in [0.15, 0.2) is 17.6 Å². The van der Waals surface area contributed by atoms with Crippen LogP contribution in [0.1, 0.15) is 19.8 Å². The lowest BCUT2D eigenvalue weighted by Crippen LogP contribution is -2.65. The summed E-state index contributed by atoms with van der Waals surface area (Å²) >= 11 is 0. The molecule has 1 aromatic heterocycles. The summed E-state index contributed by atoms with van der Waals surface area (Å²) in [5.74, 6) is -2.48. The zero-order valence-electron chi connectivity index (χ0n) is 24.2. The maximum atomic E-state index is 15.2. The second-order valence-electron chi connectivity index (χ2n) is 12.1. The third-order valence-electron chi connectivity index (χ3n) is 9.11. The van der Waals surface area contributed by atoms with Gasteiger partial charge in [-0.1, -0.05) is 5.18 Å². The highest BCUT2D eigenvalue weighted by atomic mass is 19.1. The van der Waals surface area contributed by atoms with E-state index in [9.17, 15) is 18.9 Å². The fourth-order valence-electron chi connectivity index (χ4n) is 6.56. The lowest BCUT2D eigenvalue weighted by atomic mass is 9.93. The second kappa shape index (κ2) is 12.8. The normalized spacial score (nSPS) is 27.2. The summed E-state index contributed by atoms with van der Waals surface area (Å²) in [5.41, 5.74) is 6.26. The number of nitrogens with one attached hydrogen (secondary N) is 2. The van der Waals surface area contributed by atoms with Gasteiger partial charge in [0.2, 0.25) is 11.8 Å². The number of hydrogen-bond acceptors (Lipinski definition) is 11. The van der Waals surface area contributed by atoms with E-state index >= 15 is 4.39 Å². The number of piperazine rings is 1. The number of ether oxygens (including phenoxy) is 1. The van der Waals surface area contributed by atoms with E-state index < -0.39 is 36.1 Å². The average molecular weight is 594 g/mol. The van der Waals surface area contributed by atoms with Crippen molar-refractivity contribution in [1.29, 1.82) is 0 Å². The Bertz CT molecular complexity index is 1140. The third-order valence-corrected chi connectivity index (χ3v) is 9.11. The number of nitroso groups, excluding NO2 is 1. The summed E-state index contributed by atoms with van der Waals surface area (Å²) in [4.78, 5) is 49.7. The molecule has 4 aliphatic heterocycles. The van der Waals surface area contributed by atoms with E-state index in [-0.39, 0.29) is 41.8 Å². The van der Waals surface area contributed by atoms with Crippen LogP contribution in [0.25, 0.3) is 0 Å². The van der Waals surface area contributed by atoms with Crippen LogP contribution in [0.5, 0.6) is 0 Å². The molecule has 5 rings (SSSR count). The van der Waals surface area contributed by atoms with E-state index in [1.165, 1.54) is 6.20 Å². The Kier molecular flexibility index (Phi) is 9.32. The van der Waals surface area contributed by atoms with Gasteiger partial charge >= 0.3 is 0 Å². The van der Waals surface area contributed by atoms with Crippen molar-refractivity contribution in [2.75, 3.05) is 82.8 Å². The molecule has 4 N–H and O–H groups in total. The molecular weight excluding hydrogens is 552 g/mol. The predicted molar refractivity (Wildman–Crippen MR) is 152 cm³/mol. The Labute approximate surface area is 244 Å². The number of anilines is 2. The number of alkyl halides is 1. The molecule has 5 heterocycles. The van der Waals surface area contributed by atoms with Crippen molar-refractivity contribution in [1.82, 2.24) is 25.0 Å². The van der Waals surface area contributed by atoms with Crippen LogP contribution >= 0.6 is 0 Å². The minimum Gasteiger partial charge on any atom is -0.377 e. The molecule has 4 fully saturated rings. The molecule has 4 saturated heterocycles. The summed E-state index contributed by atoms with van der Waals surface area (Å²) in [6.07, 6.45) is 0.200. The maximum absolute atomic E-state index is 15.2. The SMILES string of the molecule is CN1CC(F)CNC1C(C(=O)Nc1cncc(F)c1N1CCC(C(=O)N2CCN(C3(C)COC3)CC2)CC1)C(N)N=O. The number of carbonyl (C=O) groups is 2. The number of halogens is 2. The van der Waals surface area contributed by atoms with E-state index in [1.807, 2.05) is 4.90 Å². The van der Waals surface area contributed by atoms with Gasteiger partial charge in [-0.05, 0) is 26.8 Å². The number of amides is 2. The molecule has 42 heavy (non-hydrogen) atoms. The summed E-state index contributed by atoms with van der Waals surface area (Å²) in [6, 6.07) is 0. The summed E-state index contributed by atoms with van der Waals surface area (Å²) < 4.78 is 34.4. The van der Waals surface area contributed by atoms with Crippen molar-refractivity contribution >= 4 is 23.2 Å².